The molecule has 0 saturated carbocycles. The van der Waals surface area contributed by atoms with Crippen molar-refractivity contribution in [3.05, 3.63) is 42.0 Å². The molecule has 0 fully saturated rings. The molecule has 0 aliphatic heterocycles. The molecule has 0 saturated heterocycles. The van der Waals surface area contributed by atoms with Crippen LogP contribution in [-0.2, 0) is 0 Å². The molecule has 2 aromatic rings. The van der Waals surface area contributed by atoms with Gasteiger partial charge in [0.1, 0.15) is 5.75 Å². The molecule has 17 heavy (non-hydrogen) atoms. The highest BCUT2D eigenvalue weighted by molar-refractivity contribution is 6.02. The first-order valence-corrected chi connectivity index (χ1v) is 4.97. The zero-order valence-electron chi connectivity index (χ0n) is 8.92. The number of aromatic hydroxyl groups is 1. The number of nitrogens with two attached hydrogens (primary N) is 1. The molecule has 0 radical (unpaired) electrons. The number of phenolic OH excluding ortho intramolecular Hbond substituents is 1. The number of nitrogens with one attached hydrogen (secondary N) is 1. The minimum atomic E-state index is -0.749. The second-order valence-corrected chi connectivity index (χ2v) is 3.45. The molecule has 86 valence electrons. The Bertz CT molecular complexity index is 593. The van der Waals surface area contributed by atoms with Gasteiger partial charge >= 0.3 is 6.03 Å². The molecule has 0 heterocycles. The van der Waals surface area contributed by atoms with Crippen molar-refractivity contribution in [2.75, 3.05) is 0 Å². The fourth-order valence-corrected chi connectivity index (χ4v) is 1.58. The molecular weight excluding hydrogens is 221 g/mol. The van der Waals surface area contributed by atoms with Crippen molar-refractivity contribution < 1.29 is 9.90 Å². The number of hydrogen-bond donors (Lipinski definition) is 3. The zero-order valence-corrected chi connectivity index (χ0v) is 8.92. The van der Waals surface area contributed by atoms with Crippen LogP contribution >= 0.6 is 0 Å². The van der Waals surface area contributed by atoms with E-state index in [1.165, 1.54) is 6.21 Å². The van der Waals surface area contributed by atoms with Crippen LogP contribution in [-0.4, -0.2) is 17.4 Å². The number of carbonyl (C=O) groups is 1. The summed E-state index contributed by atoms with van der Waals surface area (Å²) in [6, 6.07) is 10.2. The third-order valence-electron chi connectivity index (χ3n) is 2.32. The van der Waals surface area contributed by atoms with E-state index in [9.17, 15) is 9.90 Å². The molecule has 2 aromatic carbocycles. The van der Waals surface area contributed by atoms with Gasteiger partial charge in [-0.05, 0) is 16.8 Å². The number of rotatable bonds is 2. The van der Waals surface area contributed by atoms with Crippen LogP contribution in [0.5, 0.6) is 5.75 Å². The van der Waals surface area contributed by atoms with Crippen LogP contribution in [0.15, 0.2) is 41.5 Å². The maximum Gasteiger partial charge on any atom is 0.332 e. The summed E-state index contributed by atoms with van der Waals surface area (Å²) in [6.45, 7) is 0. The van der Waals surface area contributed by atoms with Crippen molar-refractivity contribution in [3.63, 3.8) is 0 Å². The van der Waals surface area contributed by atoms with Crippen molar-refractivity contribution in [2.45, 2.75) is 0 Å². The summed E-state index contributed by atoms with van der Waals surface area (Å²) < 4.78 is 0. The van der Waals surface area contributed by atoms with E-state index in [2.05, 4.69) is 10.5 Å². The molecule has 0 aliphatic rings. The maximum atomic E-state index is 10.5. The molecule has 4 N–H and O–H groups in total. The minimum absolute atomic E-state index is 0.0960. The van der Waals surface area contributed by atoms with E-state index in [1.807, 2.05) is 30.3 Å². The maximum absolute atomic E-state index is 10.5. The minimum Gasteiger partial charge on any atom is -0.507 e. The first kappa shape index (κ1) is 10.9. The lowest BCUT2D eigenvalue weighted by Gasteiger charge is -2.04. The fraction of sp³-hybridized carbons (Fsp3) is 0. The highest BCUT2D eigenvalue weighted by Gasteiger charge is 2.03. The Hall–Kier alpha value is -2.56. The summed E-state index contributed by atoms with van der Waals surface area (Å²) in [7, 11) is 0. The van der Waals surface area contributed by atoms with E-state index < -0.39 is 6.03 Å². The van der Waals surface area contributed by atoms with Crippen LogP contribution in [0.3, 0.4) is 0 Å². The molecule has 5 heteroatoms. The van der Waals surface area contributed by atoms with Crippen molar-refractivity contribution in [2.24, 2.45) is 10.8 Å². The molecule has 0 unspecified atom stereocenters. The molecular formula is C12H11N3O2. The van der Waals surface area contributed by atoms with Gasteiger partial charge in [0.15, 0.2) is 0 Å². The summed E-state index contributed by atoms with van der Waals surface area (Å²) >= 11 is 0. The van der Waals surface area contributed by atoms with E-state index in [-0.39, 0.29) is 5.75 Å². The molecule has 2 rings (SSSR count). The van der Waals surface area contributed by atoms with E-state index in [0.29, 0.717) is 5.56 Å². The van der Waals surface area contributed by atoms with Crippen LogP contribution < -0.4 is 11.2 Å². The quantitative estimate of drug-likeness (QED) is 0.317. The average molecular weight is 232 g/mol. The Morgan fingerprint density at radius 3 is 2.82 bits per heavy atom. The topological polar surface area (TPSA) is 87.7 Å². The summed E-state index contributed by atoms with van der Waals surface area (Å²) in [6.07, 6.45) is 1.36. The lowest BCUT2D eigenvalue weighted by Crippen LogP contribution is -2.24. The van der Waals surface area contributed by atoms with Gasteiger partial charge in [-0.2, -0.15) is 5.10 Å². The van der Waals surface area contributed by atoms with Crippen molar-refractivity contribution in [1.29, 1.82) is 0 Å². The molecule has 0 aliphatic carbocycles. The number of phenols is 1. The summed E-state index contributed by atoms with van der Waals surface area (Å²) in [5.74, 6) is 0.0960. The number of amides is 2. The van der Waals surface area contributed by atoms with Gasteiger partial charge in [0.25, 0.3) is 0 Å². The monoisotopic (exact) mass is 232 g/mol. The Morgan fingerprint density at radius 2 is 2.06 bits per heavy atom. The highest BCUT2D eigenvalue weighted by atomic mass is 16.4. The predicted molar refractivity (Wildman–Crippen MR) is 65.9 cm³/mol. The zero-order chi connectivity index (χ0) is 12.3. The number of fused-ring (bicyclic) bond motifs is 1. The van der Waals surface area contributed by atoms with Crippen LogP contribution in [0.25, 0.3) is 10.8 Å². The first-order chi connectivity index (χ1) is 8.18. The Kier molecular flexibility index (Phi) is 2.91. The highest BCUT2D eigenvalue weighted by Crippen LogP contribution is 2.25. The number of nitrogens with zero attached hydrogens (tertiary/aromatic N) is 1. The summed E-state index contributed by atoms with van der Waals surface area (Å²) in [4.78, 5) is 10.5. The number of hydrogen-bond acceptors (Lipinski definition) is 3. The normalized spacial score (nSPS) is 10.8. The van der Waals surface area contributed by atoms with Gasteiger partial charge in [0.2, 0.25) is 0 Å². The lowest BCUT2D eigenvalue weighted by atomic mass is 10.0. The second kappa shape index (κ2) is 4.52. The Labute approximate surface area is 97.6 Å². The van der Waals surface area contributed by atoms with Crippen molar-refractivity contribution in [1.82, 2.24) is 5.43 Å². The molecule has 0 spiro atoms. The van der Waals surface area contributed by atoms with Gasteiger partial charge in [-0.15, -0.1) is 0 Å². The Morgan fingerprint density at radius 1 is 1.29 bits per heavy atom. The fourth-order valence-electron chi connectivity index (χ4n) is 1.58. The smallest absolute Gasteiger partial charge is 0.332 e. The molecule has 5 nitrogen and oxygen atoms in total. The van der Waals surface area contributed by atoms with E-state index >= 15 is 0 Å². The molecule has 0 atom stereocenters. The lowest BCUT2D eigenvalue weighted by molar-refractivity contribution is 0.249. The van der Waals surface area contributed by atoms with Gasteiger partial charge < -0.3 is 10.8 Å². The van der Waals surface area contributed by atoms with Gasteiger partial charge in [0, 0.05) is 5.56 Å². The third kappa shape index (κ3) is 2.34. The van der Waals surface area contributed by atoms with E-state index in [1.54, 1.807) is 6.07 Å². The summed E-state index contributed by atoms with van der Waals surface area (Å²) in [5.41, 5.74) is 7.50. The summed E-state index contributed by atoms with van der Waals surface area (Å²) in [5, 5.41) is 15.2. The largest absolute Gasteiger partial charge is 0.507 e. The number of benzene rings is 2. The number of hydrazone groups is 1. The first-order valence-electron chi connectivity index (χ1n) is 4.97. The molecule has 2 amide bonds. The van der Waals surface area contributed by atoms with Gasteiger partial charge in [-0.3, -0.25) is 0 Å². The number of carbonyl (C=O) groups excluding carboxylic acids is 1. The number of urea groups is 1. The third-order valence-corrected chi connectivity index (χ3v) is 2.32. The van der Waals surface area contributed by atoms with E-state index in [0.717, 1.165) is 10.8 Å². The van der Waals surface area contributed by atoms with Crippen LogP contribution in [0.1, 0.15) is 5.56 Å². The molecule has 0 aromatic heterocycles. The molecule has 0 bridgehead atoms. The second-order valence-electron chi connectivity index (χ2n) is 3.45. The Balaban J connectivity index is 2.47. The average Bonchev–Trinajstić information content (AvgIpc) is 2.32. The number of primary amides is 1. The van der Waals surface area contributed by atoms with E-state index in [4.69, 9.17) is 5.73 Å². The van der Waals surface area contributed by atoms with Crippen LogP contribution in [0, 0.1) is 0 Å². The SMILES string of the molecule is N[13C](=O)[15NH]/[15N]=C/c1c(O)ccc2ccccc12. The van der Waals surface area contributed by atoms with Crippen molar-refractivity contribution in [3.8, 4) is 5.75 Å². The van der Waals surface area contributed by atoms with Crippen LogP contribution in [0.4, 0.5) is 4.79 Å². The van der Waals surface area contributed by atoms with Crippen molar-refractivity contribution >= 4 is 23.0 Å². The van der Waals surface area contributed by atoms with Gasteiger partial charge in [0.05, 0.1) is 6.21 Å². The predicted octanol–water partition coefficient (Wildman–Crippen LogP) is 1.55. The standard InChI is InChI=1S/C12H11N3O2/c13-12(17)15-14-7-10-9-4-2-1-3-8(9)5-6-11(10)16/h1-7,16H,(H3,13,15,17)/b14-7+/i12+1,14+1,15+1. The van der Waals surface area contributed by atoms with Crippen LogP contribution in [0.2, 0.25) is 0 Å². The van der Waals surface area contributed by atoms with Gasteiger partial charge in [-0.25, -0.2) is 10.2 Å². The van der Waals surface area contributed by atoms with Gasteiger partial charge in [-0.1, -0.05) is 30.3 Å².